The third kappa shape index (κ3) is 5.08. The highest BCUT2D eigenvalue weighted by atomic mass is 16.7. The van der Waals surface area contributed by atoms with Crippen molar-refractivity contribution in [1.29, 1.82) is 0 Å². The molecule has 5 unspecified atom stereocenters. The number of carbonyl (C=O) groups is 2. The summed E-state index contributed by atoms with van der Waals surface area (Å²) >= 11 is 0. The maximum atomic E-state index is 13.4. The number of aliphatic hydroxyl groups excluding tert-OH is 3. The third-order valence-corrected chi connectivity index (χ3v) is 16.0. The van der Waals surface area contributed by atoms with E-state index in [4.69, 9.17) is 14.3 Å². The van der Waals surface area contributed by atoms with E-state index in [1.165, 1.54) is 12.2 Å². The molecule has 6 rings (SSSR count). The number of carbonyl (C=O) groups excluding carboxylic acids is 1. The fraction of sp³-hybridized carbons (Fsp3) is 0.895. The molecule has 272 valence electrons. The molecule has 6 aliphatic rings. The first kappa shape index (κ1) is 36.2. The Balaban J connectivity index is 1.20. The fourth-order valence-electron chi connectivity index (χ4n) is 13.3. The number of hydrogen-bond donors (Lipinski definition) is 4. The van der Waals surface area contributed by atoms with Gasteiger partial charge in [-0.25, -0.2) is 0 Å². The molecule has 0 radical (unpaired) electrons. The van der Waals surface area contributed by atoms with Crippen LogP contribution < -0.4 is 0 Å². The molecule has 1 heterocycles. The Morgan fingerprint density at radius 2 is 1.58 bits per heavy atom. The largest absolute Gasteiger partial charge is 0.481 e. The molecule has 1 saturated heterocycles. The van der Waals surface area contributed by atoms with Crippen molar-refractivity contribution in [2.75, 3.05) is 20.3 Å². The fourth-order valence-corrected chi connectivity index (χ4v) is 13.3. The van der Waals surface area contributed by atoms with Gasteiger partial charge in [0.1, 0.15) is 31.0 Å². The first-order valence-electron chi connectivity index (χ1n) is 18.4. The average molecular weight is 676 g/mol. The van der Waals surface area contributed by atoms with Crippen LogP contribution in [-0.4, -0.2) is 88.3 Å². The molecule has 0 spiro atoms. The lowest BCUT2D eigenvalue weighted by Crippen LogP contribution is -2.67. The molecule has 0 amide bonds. The highest BCUT2D eigenvalue weighted by Gasteiger charge is 2.72. The van der Waals surface area contributed by atoms with Gasteiger partial charge in [0, 0.05) is 5.41 Å². The van der Waals surface area contributed by atoms with Crippen molar-refractivity contribution in [2.24, 2.45) is 56.7 Å². The molecule has 0 aromatic heterocycles. The number of carboxylic acid groups (broad SMARTS) is 1. The van der Waals surface area contributed by atoms with Crippen LogP contribution in [0.2, 0.25) is 0 Å². The molecule has 6 fully saturated rings. The number of aliphatic hydroxyl groups is 3. The van der Waals surface area contributed by atoms with E-state index in [1.54, 1.807) is 0 Å². The molecule has 4 N–H and O–H groups in total. The molecule has 48 heavy (non-hydrogen) atoms. The molecular weight excluding hydrogens is 614 g/mol. The van der Waals surface area contributed by atoms with Crippen LogP contribution in [0.3, 0.4) is 0 Å². The monoisotopic (exact) mass is 675 g/mol. The Morgan fingerprint density at radius 1 is 0.875 bits per heavy atom. The van der Waals surface area contributed by atoms with Gasteiger partial charge in [-0.1, -0.05) is 46.8 Å². The van der Waals surface area contributed by atoms with Crippen LogP contribution in [0.25, 0.3) is 0 Å². The predicted molar refractivity (Wildman–Crippen MR) is 178 cm³/mol. The minimum absolute atomic E-state index is 0.0536. The highest BCUT2D eigenvalue weighted by molar-refractivity contribution is 5.76. The second-order valence-electron chi connectivity index (χ2n) is 18.0. The normalized spacial score (nSPS) is 49.6. The Labute approximate surface area is 286 Å². The zero-order valence-electron chi connectivity index (χ0n) is 30.2. The topological polar surface area (TPSA) is 146 Å². The summed E-state index contributed by atoms with van der Waals surface area (Å²) in [5.74, 6) is 0.572. The standard InChI is InChI=1S/C38H61NO9/c1-21(2)22-11-16-38(33(44)45)18-17-36(6)23(29(22)38)9-10-26-35(5)14-13-27(34(3,4)25(35)12-15-37(26,36)7)48-28(41)19-39(46-8)32-31(43)30(42)24(40)20-47-32/h22-27,29-32,40,42-43H,1,9-20H2,2-8H3,(H,44,45)/t22-,23?,24-,25?,26?,27-,29?,30-,31-,32?,35-,36+,37+,38-/m0/s1. The number of rotatable bonds is 7. The van der Waals surface area contributed by atoms with Gasteiger partial charge >= 0.3 is 11.9 Å². The zero-order valence-corrected chi connectivity index (χ0v) is 30.2. The summed E-state index contributed by atoms with van der Waals surface area (Å²) in [6.45, 7) is 18.0. The van der Waals surface area contributed by atoms with Crippen LogP contribution in [0.1, 0.15) is 106 Å². The smallest absolute Gasteiger partial charge is 0.323 e. The van der Waals surface area contributed by atoms with Crippen molar-refractivity contribution >= 4 is 11.9 Å². The summed E-state index contributed by atoms with van der Waals surface area (Å²) in [5.41, 5.74) is 0.458. The van der Waals surface area contributed by atoms with E-state index in [-0.39, 0.29) is 52.8 Å². The minimum atomic E-state index is -1.45. The molecule has 5 aliphatic carbocycles. The zero-order chi connectivity index (χ0) is 35.2. The second-order valence-corrected chi connectivity index (χ2v) is 18.0. The van der Waals surface area contributed by atoms with E-state index in [9.17, 15) is 30.0 Å². The first-order valence-corrected chi connectivity index (χ1v) is 18.4. The van der Waals surface area contributed by atoms with Crippen LogP contribution in [0.4, 0.5) is 0 Å². The van der Waals surface area contributed by atoms with Gasteiger partial charge in [-0.05, 0) is 117 Å². The summed E-state index contributed by atoms with van der Waals surface area (Å²) in [7, 11) is 1.37. The molecule has 1 aliphatic heterocycles. The third-order valence-electron chi connectivity index (χ3n) is 16.0. The highest BCUT2D eigenvalue weighted by Crippen LogP contribution is 2.77. The molecule has 0 aromatic rings. The predicted octanol–water partition coefficient (Wildman–Crippen LogP) is 4.94. The summed E-state index contributed by atoms with van der Waals surface area (Å²) in [6.07, 6.45) is 3.94. The lowest BCUT2D eigenvalue weighted by Gasteiger charge is -2.72. The van der Waals surface area contributed by atoms with Gasteiger partial charge in [-0.3, -0.25) is 14.4 Å². The van der Waals surface area contributed by atoms with Gasteiger partial charge in [-0.15, -0.1) is 5.06 Å². The SMILES string of the molecule is C=C(C)[C@@H]1CC[C@]2(C(=O)O)CC[C@]3(C)C(CCC4[C@@]5(C)CC[C@H](OC(=O)CN(OC)C6OC[C@H](O)[C@H](O)[C@@H]6O)C(C)(C)C5CC[C@]43C)C12. The van der Waals surface area contributed by atoms with E-state index in [0.29, 0.717) is 17.8 Å². The van der Waals surface area contributed by atoms with Crippen molar-refractivity contribution in [3.63, 3.8) is 0 Å². The minimum Gasteiger partial charge on any atom is -0.481 e. The molecule has 5 saturated carbocycles. The molecule has 0 aromatic carbocycles. The van der Waals surface area contributed by atoms with Crippen molar-refractivity contribution in [1.82, 2.24) is 5.06 Å². The Kier molecular flexibility index (Phi) is 9.28. The number of fused-ring (bicyclic) bond motifs is 7. The molecule has 10 nitrogen and oxygen atoms in total. The van der Waals surface area contributed by atoms with Crippen molar-refractivity contribution in [3.05, 3.63) is 12.2 Å². The molecular formula is C38H61NO9. The number of carboxylic acids is 1. The summed E-state index contributed by atoms with van der Waals surface area (Å²) in [6, 6.07) is 0. The summed E-state index contributed by atoms with van der Waals surface area (Å²) in [5, 5.41) is 42.3. The number of allylic oxidation sites excluding steroid dienone is 1. The summed E-state index contributed by atoms with van der Waals surface area (Å²) in [4.78, 5) is 31.7. The number of nitrogens with zero attached hydrogens (tertiary/aromatic N) is 1. The lowest BCUT2D eigenvalue weighted by molar-refractivity contribution is -0.305. The Morgan fingerprint density at radius 3 is 2.23 bits per heavy atom. The summed E-state index contributed by atoms with van der Waals surface area (Å²) < 4.78 is 11.7. The Hall–Kier alpha value is -1.56. The van der Waals surface area contributed by atoms with Crippen LogP contribution in [0.5, 0.6) is 0 Å². The van der Waals surface area contributed by atoms with E-state index in [2.05, 4.69) is 48.1 Å². The van der Waals surface area contributed by atoms with E-state index >= 15 is 0 Å². The van der Waals surface area contributed by atoms with Crippen LogP contribution in [0.15, 0.2) is 12.2 Å². The van der Waals surface area contributed by atoms with Crippen LogP contribution in [-0.2, 0) is 23.9 Å². The second kappa shape index (κ2) is 12.3. The maximum absolute atomic E-state index is 13.4. The quantitative estimate of drug-likeness (QED) is 0.166. The molecule has 14 atom stereocenters. The van der Waals surface area contributed by atoms with Gasteiger partial charge in [0.05, 0.1) is 19.1 Å². The van der Waals surface area contributed by atoms with Crippen LogP contribution >= 0.6 is 0 Å². The van der Waals surface area contributed by atoms with Gasteiger partial charge in [0.25, 0.3) is 0 Å². The lowest BCUT2D eigenvalue weighted by atomic mass is 9.32. The molecule has 10 heteroatoms. The van der Waals surface area contributed by atoms with E-state index < -0.39 is 41.9 Å². The van der Waals surface area contributed by atoms with Gasteiger partial charge in [0.15, 0.2) is 6.23 Å². The Bertz CT molecular complexity index is 1290. The van der Waals surface area contributed by atoms with Crippen molar-refractivity contribution in [2.45, 2.75) is 136 Å². The van der Waals surface area contributed by atoms with Crippen LogP contribution in [0, 0.1) is 56.7 Å². The average Bonchev–Trinajstić information content (AvgIpc) is 3.42. The van der Waals surface area contributed by atoms with E-state index in [0.717, 1.165) is 69.8 Å². The van der Waals surface area contributed by atoms with Gasteiger partial charge < -0.3 is 29.9 Å². The van der Waals surface area contributed by atoms with Crippen molar-refractivity contribution in [3.8, 4) is 0 Å². The number of hydrogen-bond acceptors (Lipinski definition) is 9. The number of esters is 1. The van der Waals surface area contributed by atoms with Crippen molar-refractivity contribution < 1.29 is 44.3 Å². The molecule has 0 bridgehead atoms. The number of hydroxylamine groups is 2. The van der Waals surface area contributed by atoms with E-state index in [1.807, 2.05) is 0 Å². The number of aliphatic carboxylic acids is 1. The van der Waals surface area contributed by atoms with Gasteiger partial charge in [0.2, 0.25) is 0 Å². The number of ether oxygens (including phenoxy) is 2. The maximum Gasteiger partial charge on any atom is 0.323 e. The first-order chi connectivity index (χ1) is 22.4. The van der Waals surface area contributed by atoms with Gasteiger partial charge in [-0.2, -0.15) is 0 Å².